The Morgan fingerprint density at radius 2 is 1.71 bits per heavy atom. The second-order valence-corrected chi connectivity index (χ2v) is 4.82. The molecule has 4 heteroatoms. The molecule has 21 heavy (non-hydrogen) atoms. The summed E-state index contributed by atoms with van der Waals surface area (Å²) in [5.74, 6) is -0.178. The molecule has 2 N–H and O–H groups in total. The molecule has 0 aliphatic carbocycles. The number of hydrogen-bond acceptors (Lipinski definition) is 3. The Kier molecular flexibility index (Phi) is 5.10. The predicted molar refractivity (Wildman–Crippen MR) is 86.6 cm³/mol. The lowest BCUT2D eigenvalue weighted by Crippen LogP contribution is -2.26. The summed E-state index contributed by atoms with van der Waals surface area (Å²) < 4.78 is 0. The van der Waals surface area contributed by atoms with E-state index in [-0.39, 0.29) is 12.5 Å². The largest absolute Gasteiger partial charge is 0.376 e. The van der Waals surface area contributed by atoms with Gasteiger partial charge in [-0.1, -0.05) is 42.5 Å². The molecule has 0 spiro atoms. The van der Waals surface area contributed by atoms with Crippen molar-refractivity contribution < 1.29 is 4.79 Å². The fourth-order valence-corrected chi connectivity index (χ4v) is 1.89. The molecular formula is C17H19N3O. The number of rotatable bonds is 5. The van der Waals surface area contributed by atoms with Crippen LogP contribution < -0.4 is 10.7 Å². The number of carbonyl (C=O) groups is 1. The van der Waals surface area contributed by atoms with Gasteiger partial charge in [0, 0.05) is 5.69 Å². The Hall–Kier alpha value is -2.62. The van der Waals surface area contributed by atoms with Gasteiger partial charge in [-0.05, 0) is 36.6 Å². The lowest BCUT2D eigenvalue weighted by atomic mass is 10.1. The molecule has 0 unspecified atom stereocenters. The molecule has 4 nitrogen and oxygen atoms in total. The first kappa shape index (κ1) is 14.8. The zero-order chi connectivity index (χ0) is 15.1. The van der Waals surface area contributed by atoms with Crippen LogP contribution in [0.3, 0.4) is 0 Å². The lowest BCUT2D eigenvalue weighted by Gasteiger charge is -2.07. The molecule has 0 saturated heterocycles. The Morgan fingerprint density at radius 1 is 1.05 bits per heavy atom. The van der Waals surface area contributed by atoms with Gasteiger partial charge < -0.3 is 5.32 Å². The molecule has 0 aromatic heterocycles. The van der Waals surface area contributed by atoms with E-state index in [9.17, 15) is 4.79 Å². The topological polar surface area (TPSA) is 53.5 Å². The summed E-state index contributed by atoms with van der Waals surface area (Å²) >= 11 is 0. The van der Waals surface area contributed by atoms with E-state index in [0.29, 0.717) is 0 Å². The molecule has 2 rings (SSSR count). The van der Waals surface area contributed by atoms with Crippen molar-refractivity contribution in [1.82, 2.24) is 5.43 Å². The molecule has 2 aromatic rings. The van der Waals surface area contributed by atoms with Gasteiger partial charge in [-0.15, -0.1) is 0 Å². The lowest BCUT2D eigenvalue weighted by molar-refractivity contribution is -0.119. The van der Waals surface area contributed by atoms with Crippen LogP contribution >= 0.6 is 0 Å². The zero-order valence-electron chi connectivity index (χ0n) is 12.3. The fraction of sp³-hybridized carbons (Fsp3) is 0.176. The Balaban J connectivity index is 1.83. The van der Waals surface area contributed by atoms with Crippen molar-refractivity contribution in [3.8, 4) is 0 Å². The number of carbonyl (C=O) groups excluding carboxylic acids is 1. The van der Waals surface area contributed by atoms with Gasteiger partial charge in [0.25, 0.3) is 5.91 Å². The van der Waals surface area contributed by atoms with Crippen LogP contribution in [0.5, 0.6) is 0 Å². The van der Waals surface area contributed by atoms with Crippen molar-refractivity contribution in [3.63, 3.8) is 0 Å². The first-order chi connectivity index (χ1) is 10.2. The van der Waals surface area contributed by atoms with Gasteiger partial charge in [0.1, 0.15) is 0 Å². The minimum atomic E-state index is -0.178. The minimum absolute atomic E-state index is 0.178. The van der Waals surface area contributed by atoms with Crippen LogP contribution in [0.4, 0.5) is 5.69 Å². The molecule has 108 valence electrons. The Labute approximate surface area is 124 Å². The molecule has 0 atom stereocenters. The molecule has 0 bridgehead atoms. The summed E-state index contributed by atoms with van der Waals surface area (Å²) in [5, 5.41) is 7.06. The number of anilines is 1. The Bertz CT molecular complexity index is 650. The molecule has 0 saturated carbocycles. The second kappa shape index (κ2) is 7.24. The maximum Gasteiger partial charge on any atom is 0.259 e. The standard InChI is InChI=1S/C17H19N3O/c1-13-7-3-5-9-15(13)11-19-20-17(21)12-18-16-10-6-4-8-14(16)2/h3-11,18H,12H2,1-2H3,(H,20,21). The number of para-hydroxylation sites is 1. The van der Waals surface area contributed by atoms with Crippen LogP contribution in [0, 0.1) is 13.8 Å². The van der Waals surface area contributed by atoms with E-state index in [1.807, 2.05) is 62.4 Å². The third-order valence-electron chi connectivity index (χ3n) is 3.17. The van der Waals surface area contributed by atoms with E-state index in [4.69, 9.17) is 0 Å². The number of hydrazone groups is 1. The first-order valence-electron chi connectivity index (χ1n) is 6.84. The Morgan fingerprint density at radius 3 is 2.43 bits per heavy atom. The van der Waals surface area contributed by atoms with Gasteiger partial charge in [-0.25, -0.2) is 5.43 Å². The van der Waals surface area contributed by atoms with Gasteiger partial charge in [0.15, 0.2) is 0 Å². The van der Waals surface area contributed by atoms with Crippen LogP contribution in [-0.2, 0) is 4.79 Å². The van der Waals surface area contributed by atoms with Crippen LogP contribution in [0.15, 0.2) is 53.6 Å². The van der Waals surface area contributed by atoms with Gasteiger partial charge in [-0.2, -0.15) is 5.10 Å². The summed E-state index contributed by atoms with van der Waals surface area (Å²) in [5.41, 5.74) is 6.69. The second-order valence-electron chi connectivity index (χ2n) is 4.82. The van der Waals surface area contributed by atoms with Crippen molar-refractivity contribution >= 4 is 17.8 Å². The maximum atomic E-state index is 11.7. The first-order valence-corrected chi connectivity index (χ1v) is 6.84. The molecule has 0 aliphatic heterocycles. The number of amides is 1. The van der Waals surface area contributed by atoms with E-state index in [1.165, 1.54) is 0 Å². The third kappa shape index (κ3) is 4.45. The molecule has 1 amide bonds. The average molecular weight is 281 g/mol. The monoisotopic (exact) mass is 281 g/mol. The number of nitrogens with one attached hydrogen (secondary N) is 2. The highest BCUT2D eigenvalue weighted by Crippen LogP contribution is 2.12. The smallest absolute Gasteiger partial charge is 0.259 e. The van der Waals surface area contributed by atoms with Gasteiger partial charge in [-0.3, -0.25) is 4.79 Å². The molecular weight excluding hydrogens is 262 g/mol. The fourth-order valence-electron chi connectivity index (χ4n) is 1.89. The van der Waals surface area contributed by atoms with Crippen molar-refractivity contribution in [2.75, 3.05) is 11.9 Å². The number of benzene rings is 2. The highest BCUT2D eigenvalue weighted by molar-refractivity contribution is 5.85. The van der Waals surface area contributed by atoms with Crippen LogP contribution in [0.2, 0.25) is 0 Å². The third-order valence-corrected chi connectivity index (χ3v) is 3.17. The molecule has 0 fully saturated rings. The number of hydrogen-bond donors (Lipinski definition) is 2. The number of aryl methyl sites for hydroxylation is 2. The summed E-state index contributed by atoms with van der Waals surface area (Å²) in [6.45, 7) is 4.19. The van der Waals surface area contributed by atoms with Crippen LogP contribution in [0.1, 0.15) is 16.7 Å². The van der Waals surface area contributed by atoms with E-state index >= 15 is 0 Å². The SMILES string of the molecule is Cc1ccccc1C=NNC(=O)CNc1ccccc1C. The number of nitrogens with zero attached hydrogens (tertiary/aromatic N) is 1. The van der Waals surface area contributed by atoms with Crippen LogP contribution in [-0.4, -0.2) is 18.7 Å². The minimum Gasteiger partial charge on any atom is -0.376 e. The molecule has 0 heterocycles. The highest BCUT2D eigenvalue weighted by Gasteiger charge is 2.01. The summed E-state index contributed by atoms with van der Waals surface area (Å²) in [4.78, 5) is 11.7. The van der Waals surface area contributed by atoms with E-state index in [2.05, 4.69) is 15.8 Å². The van der Waals surface area contributed by atoms with E-state index in [0.717, 1.165) is 22.4 Å². The van der Waals surface area contributed by atoms with Crippen molar-refractivity contribution in [2.24, 2.45) is 5.10 Å². The molecule has 2 aromatic carbocycles. The van der Waals surface area contributed by atoms with Crippen molar-refractivity contribution in [3.05, 3.63) is 65.2 Å². The van der Waals surface area contributed by atoms with Crippen molar-refractivity contribution in [2.45, 2.75) is 13.8 Å². The predicted octanol–water partition coefficient (Wildman–Crippen LogP) is 2.87. The zero-order valence-corrected chi connectivity index (χ0v) is 12.3. The molecule has 0 aliphatic rings. The normalized spacial score (nSPS) is 10.6. The van der Waals surface area contributed by atoms with Gasteiger partial charge in [0.2, 0.25) is 0 Å². The highest BCUT2D eigenvalue weighted by atomic mass is 16.2. The van der Waals surface area contributed by atoms with Crippen molar-refractivity contribution in [1.29, 1.82) is 0 Å². The van der Waals surface area contributed by atoms with E-state index in [1.54, 1.807) is 6.21 Å². The summed E-state index contributed by atoms with van der Waals surface area (Å²) in [7, 11) is 0. The van der Waals surface area contributed by atoms with Gasteiger partial charge >= 0.3 is 0 Å². The molecule has 0 radical (unpaired) electrons. The van der Waals surface area contributed by atoms with Gasteiger partial charge in [0.05, 0.1) is 12.8 Å². The maximum absolute atomic E-state index is 11.7. The van der Waals surface area contributed by atoms with E-state index < -0.39 is 0 Å². The average Bonchev–Trinajstić information content (AvgIpc) is 2.48. The summed E-state index contributed by atoms with van der Waals surface area (Å²) in [6, 6.07) is 15.7. The van der Waals surface area contributed by atoms with Crippen LogP contribution in [0.25, 0.3) is 0 Å². The summed E-state index contributed by atoms with van der Waals surface area (Å²) in [6.07, 6.45) is 1.65. The quantitative estimate of drug-likeness (QED) is 0.654.